The average molecular weight is 661 g/mol. The van der Waals surface area contributed by atoms with E-state index in [0.29, 0.717) is 17.0 Å². The Bertz CT molecular complexity index is 1560. The second-order valence-corrected chi connectivity index (χ2v) is 10.8. The number of nitriles is 1. The summed E-state index contributed by atoms with van der Waals surface area (Å²) in [5.41, 5.74) is -2.64. The second-order valence-electron chi connectivity index (χ2n) is 9.42. The molecule has 0 unspecified atom stereocenters. The van der Waals surface area contributed by atoms with Gasteiger partial charge in [0.05, 0.1) is 18.2 Å². The monoisotopic (exact) mass is 661 g/mol. The zero-order valence-corrected chi connectivity index (χ0v) is 23.2. The summed E-state index contributed by atoms with van der Waals surface area (Å²) in [4.78, 5) is 23.0. The first-order valence-electron chi connectivity index (χ1n) is 11.4. The molecule has 14 heteroatoms. The van der Waals surface area contributed by atoms with E-state index in [0.717, 1.165) is 39.3 Å². The summed E-state index contributed by atoms with van der Waals surface area (Å²) in [5.74, 6) is -0.910. The molecule has 0 bridgehead atoms. The fourth-order valence-electron chi connectivity index (χ4n) is 3.74. The summed E-state index contributed by atoms with van der Waals surface area (Å²) in [6, 6.07) is 4.78. The zero-order chi connectivity index (χ0) is 28.9. The molecule has 1 aliphatic rings. The number of aryl methyl sites for hydroxylation is 1. The van der Waals surface area contributed by atoms with Crippen LogP contribution < -0.4 is 24.6 Å². The van der Waals surface area contributed by atoms with Gasteiger partial charge in [-0.25, -0.2) is 13.3 Å². The molecule has 206 valence electrons. The standard InChI is InChI=1S/C25H22F4IN4O5/c1-12-5-16-9-33-22(36)19(37-17-7-14(21(26)27)6-15(8-31)13(17)2)20(25(28,29)30)32-23(33)39-34(16)10-18(12)38-24(3,4)11-35/h5-7,10,21,35H,9,11H2,1-4H3/q+1. The molecule has 0 fully saturated rings. The number of nitrogens with zero attached hydrogens (tertiary/aromatic N) is 4. The fraction of sp³-hybridized carbons (Fsp3) is 0.360. The van der Waals surface area contributed by atoms with Crippen LogP contribution in [0.1, 0.15) is 53.9 Å². The molecule has 0 saturated carbocycles. The number of hydrogen-bond donors (Lipinski definition) is 1. The Balaban J connectivity index is 1.83. The summed E-state index contributed by atoms with van der Waals surface area (Å²) in [7, 11) is 0. The summed E-state index contributed by atoms with van der Waals surface area (Å²) in [6.07, 6.45) is -1.54. The van der Waals surface area contributed by atoms with Gasteiger partial charge in [-0.15, -0.1) is 0 Å². The number of benzene rings is 1. The lowest BCUT2D eigenvalue weighted by Crippen LogP contribution is -2.51. The highest BCUT2D eigenvalue weighted by Gasteiger charge is 2.40. The van der Waals surface area contributed by atoms with E-state index >= 15 is 0 Å². The molecule has 3 aromatic rings. The Morgan fingerprint density at radius 3 is 2.56 bits per heavy atom. The van der Waals surface area contributed by atoms with Crippen LogP contribution >= 0.6 is 22.6 Å². The topological polar surface area (TPSA) is 110 Å². The van der Waals surface area contributed by atoms with Crippen LogP contribution in [0.15, 0.2) is 29.2 Å². The molecule has 39 heavy (non-hydrogen) atoms. The van der Waals surface area contributed by atoms with Crippen LogP contribution in [0.25, 0.3) is 0 Å². The molecule has 0 atom stereocenters. The molecule has 0 spiro atoms. The van der Waals surface area contributed by atoms with Crippen LogP contribution in [0.2, 0.25) is 0 Å². The molecule has 0 amide bonds. The van der Waals surface area contributed by atoms with Gasteiger partial charge in [0, 0.05) is 50.1 Å². The maximum absolute atomic E-state index is 14.7. The molecule has 2 aromatic heterocycles. The molecule has 0 saturated heterocycles. The van der Waals surface area contributed by atoms with Gasteiger partial charge in [0.25, 0.3) is 18.3 Å². The van der Waals surface area contributed by atoms with Gasteiger partial charge < -0.3 is 14.6 Å². The Labute approximate surface area is 233 Å². The van der Waals surface area contributed by atoms with Gasteiger partial charge in [-0.05, 0) is 39.8 Å². The first-order valence-corrected chi connectivity index (χ1v) is 12.5. The third kappa shape index (κ3) is 5.64. The van der Waals surface area contributed by atoms with E-state index in [1.54, 1.807) is 32.9 Å². The molecule has 1 aromatic carbocycles. The van der Waals surface area contributed by atoms with Gasteiger partial charge in [-0.1, -0.05) is 0 Å². The number of aliphatic hydroxyl groups is 1. The van der Waals surface area contributed by atoms with Crippen LogP contribution in [0, 0.1) is 25.2 Å². The van der Waals surface area contributed by atoms with Crippen molar-refractivity contribution in [2.75, 3.05) is 6.61 Å². The molecule has 1 N–H and O–H groups in total. The Kier molecular flexibility index (Phi) is 7.52. The smallest absolute Gasteiger partial charge is 0.377 e. The zero-order valence-electron chi connectivity index (χ0n) is 21.1. The lowest BCUT2D eigenvalue weighted by atomic mass is 10.0. The quantitative estimate of drug-likeness (QED) is 0.134. The predicted molar refractivity (Wildman–Crippen MR) is 136 cm³/mol. The van der Waals surface area contributed by atoms with E-state index in [2.05, 4.69) is 4.98 Å². The fourth-order valence-corrected chi connectivity index (χ4v) is 4.11. The molecule has 1 aliphatic heterocycles. The van der Waals surface area contributed by atoms with Crippen molar-refractivity contribution in [3.63, 3.8) is 0 Å². The number of rotatable bonds is 7. The van der Waals surface area contributed by atoms with Gasteiger partial charge >= 0.3 is 15.5 Å². The number of pyridine rings is 1. The minimum absolute atomic E-state index is 0.0813. The first kappa shape index (κ1) is 28.6. The number of aliphatic hydroxyl groups excluding tert-OH is 1. The van der Waals surface area contributed by atoms with E-state index in [1.807, 2.05) is 0 Å². The van der Waals surface area contributed by atoms with Gasteiger partial charge in [0.15, 0.2) is 11.4 Å². The van der Waals surface area contributed by atoms with Crippen molar-refractivity contribution < 1.29 is 41.7 Å². The van der Waals surface area contributed by atoms with E-state index in [4.69, 9.17) is 14.3 Å². The van der Waals surface area contributed by atoms with E-state index < -0.39 is 44.5 Å². The molecular formula is C25H22F4IN4O5+. The van der Waals surface area contributed by atoms with Crippen LogP contribution in [-0.4, -0.2) is 26.9 Å². The highest BCUT2D eigenvalue weighted by Crippen LogP contribution is 2.41. The minimum Gasteiger partial charge on any atom is -0.479 e. The Hall–Kier alpha value is -3.45. The molecule has 0 radical (unpaired) electrons. The number of hydrogen-bond acceptors (Lipinski definition) is 7. The summed E-state index contributed by atoms with van der Waals surface area (Å²) < 4.78 is 66.0. The normalized spacial score (nSPS) is 12.9. The molecule has 9 nitrogen and oxygen atoms in total. The van der Waals surface area contributed by atoms with E-state index in [-0.39, 0.29) is 30.0 Å². The Morgan fingerprint density at radius 1 is 1.28 bits per heavy atom. The predicted octanol–water partition coefficient (Wildman–Crippen LogP) is 4.59. The average Bonchev–Trinajstić information content (AvgIpc) is 2.85. The molecular weight excluding hydrogens is 639 g/mol. The largest absolute Gasteiger partial charge is 0.479 e. The number of fused-ring (bicyclic) bond motifs is 2. The van der Waals surface area contributed by atoms with Crippen molar-refractivity contribution in [2.45, 2.75) is 50.2 Å². The molecule has 3 heterocycles. The van der Waals surface area contributed by atoms with Gasteiger partial charge in [0.2, 0.25) is 5.75 Å². The van der Waals surface area contributed by atoms with E-state index in [9.17, 15) is 32.7 Å². The SMILES string of the molecule is Cc1cc2[n+](cc1OC(C)(C)CO)Oc1nc(C(F)(F)I)c(Oc3cc(C(F)F)cc(C#N)c3C)c(=O)n1C2. The number of aromatic nitrogens is 3. The maximum atomic E-state index is 14.7. The highest BCUT2D eigenvalue weighted by atomic mass is 127. The van der Waals surface area contributed by atoms with E-state index in [1.165, 1.54) is 17.9 Å². The van der Waals surface area contributed by atoms with Crippen molar-refractivity contribution in [3.05, 3.63) is 68.4 Å². The van der Waals surface area contributed by atoms with Gasteiger partial charge in [-0.2, -0.15) is 23.9 Å². The number of halogens is 5. The van der Waals surface area contributed by atoms with Crippen molar-refractivity contribution in [3.8, 4) is 29.3 Å². The highest BCUT2D eigenvalue weighted by molar-refractivity contribution is 14.1. The number of alkyl halides is 5. The van der Waals surface area contributed by atoms with Crippen molar-refractivity contribution in [1.29, 1.82) is 5.26 Å². The third-order valence-electron chi connectivity index (χ3n) is 5.88. The lowest BCUT2D eigenvalue weighted by Gasteiger charge is -2.24. The third-order valence-corrected chi connectivity index (χ3v) is 6.40. The molecule has 0 aliphatic carbocycles. The lowest BCUT2D eigenvalue weighted by molar-refractivity contribution is -0.885. The summed E-state index contributed by atoms with van der Waals surface area (Å²) in [5, 5.41) is 18.9. The van der Waals surface area contributed by atoms with Gasteiger partial charge in [-0.3, -0.25) is 4.79 Å². The van der Waals surface area contributed by atoms with Crippen molar-refractivity contribution in [2.24, 2.45) is 0 Å². The summed E-state index contributed by atoms with van der Waals surface area (Å²) >= 11 is 0.769. The van der Waals surface area contributed by atoms with Crippen LogP contribution in [0.5, 0.6) is 23.3 Å². The van der Waals surface area contributed by atoms with Crippen LogP contribution in [-0.2, 0) is 10.5 Å². The molecule has 4 rings (SSSR count). The maximum Gasteiger partial charge on any atom is 0.377 e. The number of ether oxygens (including phenoxy) is 2. The van der Waals surface area contributed by atoms with Crippen LogP contribution in [0.3, 0.4) is 0 Å². The Morgan fingerprint density at radius 2 is 1.97 bits per heavy atom. The van der Waals surface area contributed by atoms with Crippen molar-refractivity contribution >= 4 is 22.6 Å². The minimum atomic E-state index is -3.73. The second kappa shape index (κ2) is 10.3. The first-order chi connectivity index (χ1) is 18.1. The summed E-state index contributed by atoms with van der Waals surface area (Å²) in [6.45, 7) is 6.02. The van der Waals surface area contributed by atoms with Crippen molar-refractivity contribution in [1.82, 2.24) is 9.55 Å². The van der Waals surface area contributed by atoms with Crippen LogP contribution in [0.4, 0.5) is 17.6 Å². The van der Waals surface area contributed by atoms with Gasteiger partial charge in [0.1, 0.15) is 17.9 Å².